The van der Waals surface area contributed by atoms with Crippen LogP contribution in [0.5, 0.6) is 5.75 Å². The quantitative estimate of drug-likeness (QED) is 0.519. The summed E-state index contributed by atoms with van der Waals surface area (Å²) in [6, 6.07) is 10.8. The lowest BCUT2D eigenvalue weighted by Crippen LogP contribution is -2.40. The van der Waals surface area contributed by atoms with E-state index in [9.17, 15) is 18.0 Å². The number of carbonyl (C=O) groups is 1. The summed E-state index contributed by atoms with van der Waals surface area (Å²) in [5, 5.41) is 3.01. The molecule has 3 aromatic rings. The van der Waals surface area contributed by atoms with Gasteiger partial charge in [-0.15, -0.1) is 0 Å². The number of nitrogens with one attached hydrogen (secondary N) is 1. The monoisotopic (exact) mass is 486 g/mol. The molecule has 1 fully saturated rings. The molecule has 35 heavy (non-hydrogen) atoms. The Bertz CT molecular complexity index is 1180. The zero-order valence-corrected chi connectivity index (χ0v) is 19.8. The fourth-order valence-electron chi connectivity index (χ4n) is 4.49. The van der Waals surface area contributed by atoms with Gasteiger partial charge in [0.25, 0.3) is 5.91 Å². The number of benzene rings is 2. The predicted molar refractivity (Wildman–Crippen MR) is 127 cm³/mol. The van der Waals surface area contributed by atoms with Gasteiger partial charge in [0.1, 0.15) is 5.75 Å². The molecule has 1 aliphatic rings. The van der Waals surface area contributed by atoms with Gasteiger partial charge in [-0.25, -0.2) is 4.98 Å². The first-order valence-electron chi connectivity index (χ1n) is 11.6. The normalized spacial score (nSPS) is 16.8. The van der Waals surface area contributed by atoms with E-state index < -0.39 is 11.7 Å². The molecule has 1 atom stereocenters. The molecule has 186 valence electrons. The van der Waals surface area contributed by atoms with Crippen LogP contribution in [0.2, 0.25) is 0 Å². The predicted octanol–water partition coefficient (Wildman–Crippen LogP) is 4.85. The van der Waals surface area contributed by atoms with E-state index in [1.807, 2.05) is 23.8 Å². The number of imidazole rings is 1. The number of halogens is 3. The summed E-state index contributed by atoms with van der Waals surface area (Å²) < 4.78 is 46.4. The third-order valence-electron chi connectivity index (χ3n) is 6.25. The standard InChI is InChI=1S/C26H29F3N4O2/c1-18-14-33(17-31-18)23-9-8-21(12-24(23)35-2)25(34)30-13-20-6-4-10-32(16-20)15-19-5-3-7-22(11-19)26(27,28)29/h3,5,7-9,11-12,14,17,20H,4,6,10,13,15-16H2,1-2H3,(H,30,34). The Kier molecular flexibility index (Phi) is 7.45. The first kappa shape index (κ1) is 24.8. The number of methoxy groups -OCH3 is 1. The van der Waals surface area contributed by atoms with Crippen molar-refractivity contribution in [1.29, 1.82) is 0 Å². The van der Waals surface area contributed by atoms with Crippen LogP contribution in [0.4, 0.5) is 13.2 Å². The molecule has 2 aromatic carbocycles. The van der Waals surface area contributed by atoms with Crippen LogP contribution in [0.3, 0.4) is 0 Å². The largest absolute Gasteiger partial charge is 0.495 e. The topological polar surface area (TPSA) is 59.4 Å². The molecule has 4 rings (SSSR count). The van der Waals surface area contributed by atoms with Gasteiger partial charge in [-0.05, 0) is 62.1 Å². The van der Waals surface area contributed by atoms with Crippen molar-refractivity contribution in [3.8, 4) is 11.4 Å². The Morgan fingerprint density at radius 3 is 2.77 bits per heavy atom. The summed E-state index contributed by atoms with van der Waals surface area (Å²) in [6.07, 6.45) is 1.13. The highest BCUT2D eigenvalue weighted by molar-refractivity contribution is 5.95. The maximum absolute atomic E-state index is 13.0. The van der Waals surface area contributed by atoms with Crippen LogP contribution in [0, 0.1) is 12.8 Å². The average molecular weight is 487 g/mol. The molecule has 1 unspecified atom stereocenters. The zero-order valence-electron chi connectivity index (χ0n) is 19.8. The average Bonchev–Trinajstić information content (AvgIpc) is 3.28. The number of ether oxygens (including phenoxy) is 1. The minimum atomic E-state index is -4.34. The Hall–Kier alpha value is -3.33. The maximum atomic E-state index is 13.0. The van der Waals surface area contributed by atoms with E-state index in [0.29, 0.717) is 30.0 Å². The fraction of sp³-hybridized carbons (Fsp3) is 0.385. The number of nitrogens with zero attached hydrogens (tertiary/aromatic N) is 3. The molecule has 0 aliphatic carbocycles. The first-order valence-corrected chi connectivity index (χ1v) is 11.6. The van der Waals surface area contributed by atoms with Crippen molar-refractivity contribution in [2.24, 2.45) is 5.92 Å². The van der Waals surface area contributed by atoms with Crippen LogP contribution in [0.25, 0.3) is 5.69 Å². The van der Waals surface area contributed by atoms with Gasteiger partial charge in [0.2, 0.25) is 0 Å². The second-order valence-electron chi connectivity index (χ2n) is 8.96. The van der Waals surface area contributed by atoms with Gasteiger partial charge in [0.05, 0.1) is 30.4 Å². The second-order valence-corrected chi connectivity index (χ2v) is 8.96. The van der Waals surface area contributed by atoms with E-state index in [4.69, 9.17) is 4.74 Å². The van der Waals surface area contributed by atoms with Crippen LogP contribution in [-0.4, -0.2) is 47.1 Å². The van der Waals surface area contributed by atoms with E-state index in [2.05, 4.69) is 15.2 Å². The van der Waals surface area contributed by atoms with Crippen LogP contribution >= 0.6 is 0 Å². The molecule has 9 heteroatoms. The van der Waals surface area contributed by atoms with Crippen LogP contribution in [0.15, 0.2) is 55.0 Å². The lowest BCUT2D eigenvalue weighted by molar-refractivity contribution is -0.137. The minimum Gasteiger partial charge on any atom is -0.495 e. The molecule has 0 bridgehead atoms. The summed E-state index contributed by atoms with van der Waals surface area (Å²) in [5.41, 5.74) is 2.19. The number of likely N-dealkylation sites (tertiary alicyclic amines) is 1. The summed E-state index contributed by atoms with van der Waals surface area (Å²) in [6.45, 7) is 4.41. The highest BCUT2D eigenvalue weighted by atomic mass is 19.4. The van der Waals surface area contributed by atoms with Gasteiger partial charge >= 0.3 is 6.18 Å². The molecule has 0 radical (unpaired) electrons. The van der Waals surface area contributed by atoms with Crippen molar-refractivity contribution in [3.05, 3.63) is 77.4 Å². The molecule has 0 saturated carbocycles. The first-order chi connectivity index (χ1) is 16.7. The molecule has 1 amide bonds. The number of hydrogen-bond acceptors (Lipinski definition) is 4. The van der Waals surface area contributed by atoms with E-state index in [1.54, 1.807) is 31.6 Å². The zero-order chi connectivity index (χ0) is 25.0. The molecule has 6 nitrogen and oxygen atoms in total. The van der Waals surface area contributed by atoms with Gasteiger partial charge in [-0.1, -0.05) is 18.2 Å². The molecule has 1 aliphatic heterocycles. The van der Waals surface area contributed by atoms with Crippen LogP contribution in [0.1, 0.15) is 40.0 Å². The van der Waals surface area contributed by atoms with Crippen molar-refractivity contribution in [3.63, 3.8) is 0 Å². The Balaban J connectivity index is 1.34. The summed E-state index contributed by atoms with van der Waals surface area (Å²) in [4.78, 5) is 19.2. The van der Waals surface area contributed by atoms with Gasteiger partial charge < -0.3 is 14.6 Å². The molecular weight excluding hydrogens is 457 g/mol. The lowest BCUT2D eigenvalue weighted by Gasteiger charge is -2.33. The number of carbonyl (C=O) groups excluding carboxylic acids is 1. The molecule has 0 spiro atoms. The van der Waals surface area contributed by atoms with E-state index in [0.717, 1.165) is 43.4 Å². The van der Waals surface area contributed by atoms with E-state index in [1.165, 1.54) is 12.1 Å². The number of aryl methyl sites for hydroxylation is 1. The molecule has 1 N–H and O–H groups in total. The summed E-state index contributed by atoms with van der Waals surface area (Å²) in [5.74, 6) is 0.611. The van der Waals surface area contributed by atoms with Crippen molar-refractivity contribution in [2.75, 3.05) is 26.7 Å². The van der Waals surface area contributed by atoms with Gasteiger partial charge in [0, 0.05) is 31.4 Å². The van der Waals surface area contributed by atoms with Crippen molar-refractivity contribution >= 4 is 5.91 Å². The van der Waals surface area contributed by atoms with Crippen LogP contribution < -0.4 is 10.1 Å². The highest BCUT2D eigenvalue weighted by Gasteiger charge is 2.30. The second kappa shape index (κ2) is 10.5. The Labute approximate surface area is 202 Å². The number of amides is 1. The number of rotatable bonds is 7. The highest BCUT2D eigenvalue weighted by Crippen LogP contribution is 2.30. The maximum Gasteiger partial charge on any atom is 0.416 e. The van der Waals surface area contributed by atoms with Gasteiger partial charge in [0.15, 0.2) is 0 Å². The smallest absolute Gasteiger partial charge is 0.416 e. The number of hydrogen-bond donors (Lipinski definition) is 1. The minimum absolute atomic E-state index is 0.188. The van der Waals surface area contributed by atoms with E-state index >= 15 is 0 Å². The summed E-state index contributed by atoms with van der Waals surface area (Å²) in [7, 11) is 1.56. The Morgan fingerprint density at radius 1 is 1.23 bits per heavy atom. The van der Waals surface area contributed by atoms with Crippen molar-refractivity contribution in [1.82, 2.24) is 19.8 Å². The molecule has 2 heterocycles. The van der Waals surface area contributed by atoms with Crippen molar-refractivity contribution in [2.45, 2.75) is 32.5 Å². The van der Waals surface area contributed by atoms with Crippen molar-refractivity contribution < 1.29 is 22.7 Å². The fourth-order valence-corrected chi connectivity index (χ4v) is 4.49. The van der Waals surface area contributed by atoms with Gasteiger partial charge in [-0.3, -0.25) is 9.69 Å². The third-order valence-corrected chi connectivity index (χ3v) is 6.25. The van der Waals surface area contributed by atoms with E-state index in [-0.39, 0.29) is 11.8 Å². The molecule has 1 saturated heterocycles. The summed E-state index contributed by atoms with van der Waals surface area (Å²) >= 11 is 0. The van der Waals surface area contributed by atoms with Gasteiger partial charge in [-0.2, -0.15) is 13.2 Å². The lowest BCUT2D eigenvalue weighted by atomic mass is 9.97. The third kappa shape index (κ3) is 6.22. The number of alkyl halides is 3. The molecular formula is C26H29F3N4O2. The van der Waals surface area contributed by atoms with Crippen LogP contribution in [-0.2, 0) is 12.7 Å². The number of aromatic nitrogens is 2. The Morgan fingerprint density at radius 2 is 2.06 bits per heavy atom. The molecule has 1 aromatic heterocycles. The number of piperidine rings is 1. The SMILES string of the molecule is COc1cc(C(=O)NCC2CCCN(Cc3cccc(C(F)(F)F)c3)C2)ccc1-n1cnc(C)c1.